The Morgan fingerprint density at radius 3 is 2.32 bits per heavy atom. The van der Waals surface area contributed by atoms with Crippen molar-refractivity contribution in [1.82, 2.24) is 4.31 Å². The molecule has 0 saturated heterocycles. The Bertz CT molecular complexity index is 986. The summed E-state index contributed by atoms with van der Waals surface area (Å²) >= 11 is 0. The normalized spacial score (nSPS) is 11.5. The molecule has 6 nitrogen and oxygen atoms in total. The number of aryl methyl sites for hydroxylation is 1. The summed E-state index contributed by atoms with van der Waals surface area (Å²) in [6.07, 6.45) is 0. The number of amides is 1. The van der Waals surface area contributed by atoms with Crippen LogP contribution in [0.4, 0.5) is 10.1 Å². The second-order valence-electron chi connectivity index (χ2n) is 6.30. The van der Waals surface area contributed by atoms with Crippen LogP contribution >= 0.6 is 0 Å². The molecule has 0 atom stereocenters. The average Bonchev–Trinajstić information content (AvgIpc) is 2.65. The number of rotatable bonds is 7. The van der Waals surface area contributed by atoms with Gasteiger partial charge in [0.05, 0.1) is 17.6 Å². The first-order valence-corrected chi connectivity index (χ1v) is 10.4. The van der Waals surface area contributed by atoms with Gasteiger partial charge in [-0.3, -0.25) is 4.79 Å². The number of methoxy groups -OCH3 is 1. The quantitative estimate of drug-likeness (QED) is 0.757. The van der Waals surface area contributed by atoms with Crippen molar-refractivity contribution in [2.75, 3.05) is 25.5 Å². The van der Waals surface area contributed by atoms with Crippen LogP contribution < -0.4 is 10.1 Å². The van der Waals surface area contributed by atoms with Crippen LogP contribution in [0.2, 0.25) is 0 Å². The molecule has 2 aromatic rings. The Morgan fingerprint density at radius 1 is 1.14 bits per heavy atom. The predicted molar refractivity (Wildman–Crippen MR) is 107 cm³/mol. The zero-order valence-electron chi connectivity index (χ0n) is 16.7. The van der Waals surface area contributed by atoms with E-state index in [4.69, 9.17) is 4.74 Å². The number of nitrogens with zero attached hydrogens (tertiary/aromatic N) is 1. The van der Waals surface area contributed by atoms with Crippen molar-refractivity contribution in [3.05, 3.63) is 52.8 Å². The molecular weight excluding hydrogens is 383 g/mol. The molecule has 2 rings (SSSR count). The van der Waals surface area contributed by atoms with Gasteiger partial charge in [0.15, 0.2) is 0 Å². The summed E-state index contributed by atoms with van der Waals surface area (Å²) in [6, 6.07) is 6.91. The molecule has 0 spiro atoms. The van der Waals surface area contributed by atoms with Crippen LogP contribution in [0.5, 0.6) is 5.75 Å². The minimum atomic E-state index is -3.69. The molecule has 1 amide bonds. The third-order valence-corrected chi connectivity index (χ3v) is 6.68. The lowest BCUT2D eigenvalue weighted by Gasteiger charge is -2.20. The molecule has 0 saturated carbocycles. The molecule has 0 bridgehead atoms. The maximum atomic E-state index is 14.2. The standard InChI is InChI=1S/C20H25FN2O4S/c1-6-23(7-2)28(25,26)16-10-13(3)14(4)19(12-16)22-20(24)17-9-8-15(27-5)11-18(17)21/h8-12H,6-7H2,1-5H3,(H,22,24). The maximum absolute atomic E-state index is 14.2. The fourth-order valence-electron chi connectivity index (χ4n) is 2.81. The highest BCUT2D eigenvalue weighted by atomic mass is 32.2. The van der Waals surface area contributed by atoms with Gasteiger partial charge in [0.25, 0.3) is 5.91 Å². The van der Waals surface area contributed by atoms with Crippen LogP contribution in [-0.4, -0.2) is 38.8 Å². The Hall–Kier alpha value is -2.45. The summed E-state index contributed by atoms with van der Waals surface area (Å²) in [6.45, 7) is 7.73. The number of carbonyl (C=O) groups excluding carboxylic acids is 1. The molecule has 0 aliphatic rings. The molecule has 0 radical (unpaired) electrons. The lowest BCUT2D eigenvalue weighted by atomic mass is 10.1. The van der Waals surface area contributed by atoms with Crippen LogP contribution in [0, 0.1) is 19.7 Å². The number of anilines is 1. The Labute approximate surface area is 165 Å². The van der Waals surface area contributed by atoms with Crippen LogP contribution in [0.1, 0.15) is 35.3 Å². The number of sulfonamides is 1. The van der Waals surface area contributed by atoms with Crippen molar-refractivity contribution in [2.24, 2.45) is 0 Å². The van der Waals surface area contributed by atoms with E-state index in [1.54, 1.807) is 33.8 Å². The number of ether oxygens (including phenoxy) is 1. The van der Waals surface area contributed by atoms with Gasteiger partial charge in [0.2, 0.25) is 10.0 Å². The minimum Gasteiger partial charge on any atom is -0.497 e. The topological polar surface area (TPSA) is 75.7 Å². The van der Waals surface area contributed by atoms with Crippen LogP contribution in [-0.2, 0) is 10.0 Å². The number of hydrogen-bond donors (Lipinski definition) is 1. The highest BCUT2D eigenvalue weighted by molar-refractivity contribution is 7.89. The Balaban J connectivity index is 2.44. The van der Waals surface area contributed by atoms with Crippen molar-refractivity contribution in [1.29, 1.82) is 0 Å². The molecule has 0 fully saturated rings. The molecule has 0 aliphatic heterocycles. The molecule has 0 aliphatic carbocycles. The number of hydrogen-bond acceptors (Lipinski definition) is 4. The van der Waals surface area contributed by atoms with E-state index in [2.05, 4.69) is 5.32 Å². The molecule has 1 N–H and O–H groups in total. The van der Waals surface area contributed by atoms with Crippen LogP contribution in [0.25, 0.3) is 0 Å². The highest BCUT2D eigenvalue weighted by Gasteiger charge is 2.24. The van der Waals surface area contributed by atoms with E-state index in [-0.39, 0.29) is 10.5 Å². The van der Waals surface area contributed by atoms with E-state index in [0.29, 0.717) is 35.7 Å². The fraction of sp³-hybridized carbons (Fsp3) is 0.350. The molecule has 0 aromatic heterocycles. The third kappa shape index (κ3) is 4.34. The van der Waals surface area contributed by atoms with Crippen LogP contribution in [0.3, 0.4) is 0 Å². The summed E-state index contributed by atoms with van der Waals surface area (Å²) in [5, 5.41) is 2.63. The summed E-state index contributed by atoms with van der Waals surface area (Å²) in [5.74, 6) is -1.09. The highest BCUT2D eigenvalue weighted by Crippen LogP contribution is 2.27. The number of halogens is 1. The smallest absolute Gasteiger partial charge is 0.258 e. The number of benzene rings is 2. The second-order valence-corrected chi connectivity index (χ2v) is 8.24. The third-order valence-electron chi connectivity index (χ3n) is 4.65. The van der Waals surface area contributed by atoms with Crippen molar-refractivity contribution < 1.29 is 22.3 Å². The van der Waals surface area contributed by atoms with Gasteiger partial charge in [-0.05, 0) is 49.2 Å². The van der Waals surface area contributed by atoms with E-state index in [1.807, 2.05) is 0 Å². The van der Waals surface area contributed by atoms with Crippen molar-refractivity contribution in [3.8, 4) is 5.75 Å². The number of carbonyl (C=O) groups is 1. The Kier molecular flexibility index (Phi) is 6.79. The van der Waals surface area contributed by atoms with E-state index < -0.39 is 21.7 Å². The maximum Gasteiger partial charge on any atom is 0.258 e. The SMILES string of the molecule is CCN(CC)S(=O)(=O)c1cc(C)c(C)c(NC(=O)c2ccc(OC)cc2F)c1. The summed E-state index contributed by atoms with van der Waals surface area (Å²) in [7, 11) is -2.28. The van der Waals surface area contributed by atoms with Crippen molar-refractivity contribution in [3.63, 3.8) is 0 Å². The first-order chi connectivity index (χ1) is 13.1. The second kappa shape index (κ2) is 8.70. The van der Waals surface area contributed by atoms with Gasteiger partial charge in [-0.15, -0.1) is 0 Å². The fourth-order valence-corrected chi connectivity index (χ4v) is 4.38. The van der Waals surface area contributed by atoms with Gasteiger partial charge in [-0.25, -0.2) is 12.8 Å². The predicted octanol–water partition coefficient (Wildman–Crippen LogP) is 3.73. The zero-order chi connectivity index (χ0) is 21.1. The lowest BCUT2D eigenvalue weighted by molar-refractivity contribution is 0.102. The van der Waals surface area contributed by atoms with E-state index in [9.17, 15) is 17.6 Å². The molecule has 0 unspecified atom stereocenters. The first kappa shape index (κ1) is 21.8. The molecular formula is C20H25FN2O4S. The zero-order valence-corrected chi connectivity index (χ0v) is 17.5. The van der Waals surface area contributed by atoms with Gasteiger partial charge in [-0.2, -0.15) is 4.31 Å². The minimum absolute atomic E-state index is 0.0878. The lowest BCUT2D eigenvalue weighted by Crippen LogP contribution is -2.30. The Morgan fingerprint density at radius 2 is 1.79 bits per heavy atom. The summed E-state index contributed by atoms with van der Waals surface area (Å²) < 4.78 is 46.1. The molecule has 152 valence electrons. The largest absolute Gasteiger partial charge is 0.497 e. The van der Waals surface area contributed by atoms with E-state index in [0.717, 1.165) is 6.07 Å². The van der Waals surface area contributed by atoms with E-state index in [1.165, 1.54) is 29.6 Å². The summed E-state index contributed by atoms with van der Waals surface area (Å²) in [4.78, 5) is 12.6. The van der Waals surface area contributed by atoms with Crippen LogP contribution in [0.15, 0.2) is 35.2 Å². The molecule has 28 heavy (non-hydrogen) atoms. The summed E-state index contributed by atoms with van der Waals surface area (Å²) in [5.41, 5.74) is 1.58. The van der Waals surface area contributed by atoms with E-state index >= 15 is 0 Å². The average molecular weight is 408 g/mol. The molecule has 2 aromatic carbocycles. The van der Waals surface area contributed by atoms with Gasteiger partial charge in [-0.1, -0.05) is 13.8 Å². The number of nitrogens with one attached hydrogen (secondary N) is 1. The molecule has 8 heteroatoms. The van der Waals surface area contributed by atoms with Crippen molar-refractivity contribution in [2.45, 2.75) is 32.6 Å². The van der Waals surface area contributed by atoms with Gasteiger partial charge in [0.1, 0.15) is 11.6 Å². The van der Waals surface area contributed by atoms with Gasteiger partial charge in [0, 0.05) is 24.8 Å². The monoisotopic (exact) mass is 408 g/mol. The first-order valence-electron chi connectivity index (χ1n) is 8.91. The van der Waals surface area contributed by atoms with Crippen molar-refractivity contribution >= 4 is 21.6 Å². The molecule has 0 heterocycles. The van der Waals surface area contributed by atoms with Gasteiger partial charge < -0.3 is 10.1 Å². The van der Waals surface area contributed by atoms with Gasteiger partial charge >= 0.3 is 0 Å².